The van der Waals surface area contributed by atoms with Gasteiger partial charge in [-0.05, 0) is 24.3 Å². The van der Waals surface area contributed by atoms with Gasteiger partial charge in [0.1, 0.15) is 5.75 Å². The third-order valence-electron chi connectivity index (χ3n) is 4.53. The molecule has 2 N–H and O–H groups in total. The van der Waals surface area contributed by atoms with Crippen LogP contribution in [0, 0.1) is 0 Å². The van der Waals surface area contributed by atoms with E-state index in [-0.39, 0.29) is 11.5 Å². The zero-order valence-corrected chi connectivity index (χ0v) is 15.2. The molecule has 4 rings (SSSR count). The number of phenolic OH excluding ortho intramolecular Hbond substituents is 2. The van der Waals surface area contributed by atoms with Crippen molar-refractivity contribution < 1.29 is 14.9 Å². The highest BCUT2D eigenvalue weighted by atomic mass is 16.5. The Balaban J connectivity index is 1.62. The van der Waals surface area contributed by atoms with Crippen LogP contribution in [0.4, 0.5) is 0 Å². The summed E-state index contributed by atoms with van der Waals surface area (Å²) in [7, 11) is 1.52. The number of rotatable bonds is 4. The molecule has 138 valence electrons. The van der Waals surface area contributed by atoms with Gasteiger partial charge < -0.3 is 14.9 Å². The number of aromatic hydroxyl groups is 2. The predicted octanol–water partition coefficient (Wildman–Crippen LogP) is 4.90. The van der Waals surface area contributed by atoms with Crippen molar-refractivity contribution in [1.29, 1.82) is 0 Å². The minimum Gasteiger partial charge on any atom is -0.507 e. The smallest absolute Gasteiger partial charge is 0.165 e. The van der Waals surface area contributed by atoms with Crippen molar-refractivity contribution in [3.63, 3.8) is 0 Å². The molecular weight excluding hydrogens is 352 g/mol. The summed E-state index contributed by atoms with van der Waals surface area (Å²) in [4.78, 5) is 8.95. The fourth-order valence-corrected chi connectivity index (χ4v) is 3.05. The SMILES string of the molecule is COc1cccc(-c2ccc(-c3ccc(-c4ccccc4O)cn3)nc2)c1O. The number of methoxy groups -OCH3 is 1. The van der Waals surface area contributed by atoms with Crippen LogP contribution in [0.25, 0.3) is 33.6 Å². The molecule has 0 radical (unpaired) electrons. The largest absolute Gasteiger partial charge is 0.507 e. The lowest BCUT2D eigenvalue weighted by atomic mass is 10.0. The Morgan fingerprint density at radius 2 is 1.29 bits per heavy atom. The minimum atomic E-state index is 0.0877. The third-order valence-corrected chi connectivity index (χ3v) is 4.53. The van der Waals surface area contributed by atoms with E-state index < -0.39 is 0 Å². The summed E-state index contributed by atoms with van der Waals surface area (Å²) in [6.07, 6.45) is 3.41. The molecule has 0 spiro atoms. The molecule has 5 nitrogen and oxygen atoms in total. The number of ether oxygens (including phenoxy) is 1. The van der Waals surface area contributed by atoms with Crippen molar-refractivity contribution in [3.8, 4) is 50.9 Å². The summed E-state index contributed by atoms with van der Waals surface area (Å²) in [6, 6.07) is 20.0. The van der Waals surface area contributed by atoms with Crippen LogP contribution < -0.4 is 4.74 Å². The van der Waals surface area contributed by atoms with Crippen LogP contribution >= 0.6 is 0 Å². The lowest BCUT2D eigenvalue weighted by molar-refractivity contribution is 0.374. The fraction of sp³-hybridized carbons (Fsp3) is 0.0435. The second kappa shape index (κ2) is 7.40. The molecular formula is C23H18N2O3. The van der Waals surface area contributed by atoms with Crippen LogP contribution in [-0.4, -0.2) is 27.3 Å². The molecule has 2 heterocycles. The Labute approximate surface area is 162 Å². The molecule has 2 aromatic carbocycles. The maximum absolute atomic E-state index is 10.3. The standard InChI is InChI=1S/C23H18N2O3/c1-28-22-8-4-6-18(23(22)27)16-10-12-20(25-14-16)19-11-9-15(13-24-19)17-5-2-3-7-21(17)26/h2-14,26-27H,1H3. The summed E-state index contributed by atoms with van der Waals surface area (Å²) in [5.41, 5.74) is 4.45. The third kappa shape index (κ3) is 3.25. The fourth-order valence-electron chi connectivity index (χ4n) is 3.05. The molecule has 0 aliphatic rings. The summed E-state index contributed by atoms with van der Waals surface area (Å²) >= 11 is 0. The van der Waals surface area contributed by atoms with Crippen molar-refractivity contribution in [3.05, 3.63) is 79.1 Å². The van der Waals surface area contributed by atoms with Crippen molar-refractivity contribution in [1.82, 2.24) is 9.97 Å². The van der Waals surface area contributed by atoms with Gasteiger partial charge in [-0.3, -0.25) is 9.97 Å². The van der Waals surface area contributed by atoms with E-state index >= 15 is 0 Å². The highest BCUT2D eigenvalue weighted by Gasteiger charge is 2.11. The zero-order chi connectivity index (χ0) is 19.5. The van der Waals surface area contributed by atoms with Crippen molar-refractivity contribution in [2.45, 2.75) is 0 Å². The Hall–Kier alpha value is -3.86. The first-order chi connectivity index (χ1) is 13.7. The molecule has 0 bridgehead atoms. The number of pyridine rings is 2. The monoisotopic (exact) mass is 370 g/mol. The molecule has 28 heavy (non-hydrogen) atoms. The molecule has 0 unspecified atom stereocenters. The number of hydrogen-bond donors (Lipinski definition) is 2. The molecule has 0 saturated carbocycles. The van der Waals surface area contributed by atoms with E-state index in [4.69, 9.17) is 4.74 Å². The maximum Gasteiger partial charge on any atom is 0.165 e. The van der Waals surface area contributed by atoms with Gasteiger partial charge in [0.15, 0.2) is 11.5 Å². The highest BCUT2D eigenvalue weighted by Crippen LogP contribution is 2.37. The highest BCUT2D eigenvalue weighted by molar-refractivity contribution is 5.74. The average Bonchev–Trinajstić information content (AvgIpc) is 2.75. The van der Waals surface area contributed by atoms with Crippen LogP contribution in [0.3, 0.4) is 0 Å². The Bertz CT molecular complexity index is 1110. The van der Waals surface area contributed by atoms with E-state index in [0.29, 0.717) is 11.3 Å². The summed E-state index contributed by atoms with van der Waals surface area (Å²) in [5.74, 6) is 0.727. The second-order valence-corrected chi connectivity index (χ2v) is 6.24. The molecule has 0 aliphatic carbocycles. The number of phenols is 2. The van der Waals surface area contributed by atoms with E-state index in [0.717, 1.165) is 28.1 Å². The predicted molar refractivity (Wildman–Crippen MR) is 108 cm³/mol. The number of aromatic nitrogens is 2. The van der Waals surface area contributed by atoms with Gasteiger partial charge in [0.05, 0.1) is 18.5 Å². The minimum absolute atomic E-state index is 0.0877. The Morgan fingerprint density at radius 1 is 0.679 bits per heavy atom. The van der Waals surface area contributed by atoms with E-state index in [2.05, 4.69) is 9.97 Å². The van der Waals surface area contributed by atoms with Crippen LogP contribution in [0.2, 0.25) is 0 Å². The van der Waals surface area contributed by atoms with Gasteiger partial charge in [-0.15, -0.1) is 0 Å². The molecule has 0 fully saturated rings. The zero-order valence-electron chi connectivity index (χ0n) is 15.2. The van der Waals surface area contributed by atoms with Gasteiger partial charge in [-0.25, -0.2) is 0 Å². The molecule has 2 aromatic heterocycles. The lowest BCUT2D eigenvalue weighted by Gasteiger charge is -2.09. The van der Waals surface area contributed by atoms with Crippen molar-refractivity contribution in [2.75, 3.05) is 7.11 Å². The summed E-state index contributed by atoms with van der Waals surface area (Å²) < 4.78 is 5.16. The Morgan fingerprint density at radius 3 is 1.86 bits per heavy atom. The molecule has 0 saturated heterocycles. The normalized spacial score (nSPS) is 10.6. The first-order valence-corrected chi connectivity index (χ1v) is 8.74. The molecule has 0 aliphatic heterocycles. The van der Waals surface area contributed by atoms with Gasteiger partial charge in [0.25, 0.3) is 0 Å². The quantitative estimate of drug-likeness (QED) is 0.534. The van der Waals surface area contributed by atoms with Gasteiger partial charge in [-0.1, -0.05) is 42.5 Å². The van der Waals surface area contributed by atoms with E-state index in [1.165, 1.54) is 7.11 Å². The van der Waals surface area contributed by atoms with Gasteiger partial charge in [0.2, 0.25) is 0 Å². The maximum atomic E-state index is 10.3. The molecule has 4 aromatic rings. The number of para-hydroxylation sites is 2. The lowest BCUT2D eigenvalue weighted by Crippen LogP contribution is -1.90. The first-order valence-electron chi connectivity index (χ1n) is 8.74. The van der Waals surface area contributed by atoms with Crippen molar-refractivity contribution in [2.24, 2.45) is 0 Å². The number of hydrogen-bond acceptors (Lipinski definition) is 5. The summed E-state index contributed by atoms with van der Waals surface area (Å²) in [6.45, 7) is 0. The van der Waals surface area contributed by atoms with Crippen LogP contribution in [-0.2, 0) is 0 Å². The van der Waals surface area contributed by atoms with Crippen LogP contribution in [0.1, 0.15) is 0 Å². The topological polar surface area (TPSA) is 75.5 Å². The van der Waals surface area contributed by atoms with Gasteiger partial charge in [-0.2, -0.15) is 0 Å². The van der Waals surface area contributed by atoms with E-state index in [1.807, 2.05) is 48.5 Å². The summed E-state index contributed by atoms with van der Waals surface area (Å²) in [5, 5.41) is 20.3. The van der Waals surface area contributed by atoms with Gasteiger partial charge in [0, 0.05) is 34.6 Å². The number of nitrogens with zero attached hydrogens (tertiary/aromatic N) is 2. The van der Waals surface area contributed by atoms with E-state index in [1.54, 1.807) is 30.6 Å². The molecule has 0 atom stereocenters. The van der Waals surface area contributed by atoms with Gasteiger partial charge >= 0.3 is 0 Å². The molecule has 0 amide bonds. The van der Waals surface area contributed by atoms with Crippen LogP contribution in [0.5, 0.6) is 17.2 Å². The second-order valence-electron chi connectivity index (χ2n) is 6.24. The van der Waals surface area contributed by atoms with E-state index in [9.17, 15) is 10.2 Å². The number of benzene rings is 2. The van der Waals surface area contributed by atoms with Crippen LogP contribution in [0.15, 0.2) is 79.1 Å². The average molecular weight is 370 g/mol. The molecule has 5 heteroatoms. The Kier molecular flexibility index (Phi) is 4.64. The first kappa shape index (κ1) is 17.5. The van der Waals surface area contributed by atoms with Crippen molar-refractivity contribution >= 4 is 0 Å².